The molecule has 0 aromatic heterocycles. The Bertz CT molecular complexity index is 974. The molecule has 1 saturated heterocycles. The van der Waals surface area contributed by atoms with Gasteiger partial charge in [0.05, 0.1) is 17.0 Å². The highest BCUT2D eigenvalue weighted by atomic mass is 32.2. The summed E-state index contributed by atoms with van der Waals surface area (Å²) in [7, 11) is -3.40. The molecule has 0 atom stereocenters. The molecule has 1 heterocycles. The number of anilines is 1. The van der Waals surface area contributed by atoms with E-state index in [1.807, 2.05) is 0 Å². The highest BCUT2D eigenvalue weighted by Gasteiger charge is 2.30. The van der Waals surface area contributed by atoms with E-state index in [0.29, 0.717) is 24.2 Å². The third kappa shape index (κ3) is 4.64. The number of hydrogen-bond donors (Lipinski definition) is 1. The van der Waals surface area contributed by atoms with Gasteiger partial charge in [-0.1, -0.05) is 18.2 Å². The number of benzene rings is 2. The van der Waals surface area contributed by atoms with Crippen LogP contribution in [0.1, 0.15) is 34.3 Å². The van der Waals surface area contributed by atoms with Gasteiger partial charge in [0.1, 0.15) is 0 Å². The molecule has 150 valence electrons. The van der Waals surface area contributed by atoms with Gasteiger partial charge >= 0.3 is 6.18 Å². The Hall–Kier alpha value is -2.55. The summed E-state index contributed by atoms with van der Waals surface area (Å²) in [6, 6.07) is 10.9. The van der Waals surface area contributed by atoms with Crippen molar-refractivity contribution in [3.05, 3.63) is 65.2 Å². The number of rotatable bonds is 4. The zero-order chi connectivity index (χ0) is 20.4. The van der Waals surface area contributed by atoms with Crippen LogP contribution in [-0.4, -0.2) is 26.6 Å². The molecule has 0 spiro atoms. The monoisotopic (exact) mass is 412 g/mol. The van der Waals surface area contributed by atoms with Crippen molar-refractivity contribution in [2.75, 3.05) is 16.6 Å². The molecule has 0 aliphatic carbocycles. The molecule has 0 unspecified atom stereocenters. The van der Waals surface area contributed by atoms with E-state index in [2.05, 4.69) is 5.32 Å². The topological polar surface area (TPSA) is 66.5 Å². The normalized spacial score (nSPS) is 16.6. The van der Waals surface area contributed by atoms with Crippen LogP contribution in [0.2, 0.25) is 0 Å². The second-order valence-electron chi connectivity index (χ2n) is 6.53. The molecule has 2 aromatic rings. The van der Waals surface area contributed by atoms with E-state index in [1.165, 1.54) is 28.6 Å². The molecule has 0 saturated carbocycles. The Morgan fingerprint density at radius 3 is 2.54 bits per heavy atom. The van der Waals surface area contributed by atoms with Crippen molar-refractivity contribution in [1.29, 1.82) is 0 Å². The van der Waals surface area contributed by atoms with Crippen molar-refractivity contribution < 1.29 is 26.4 Å². The number of hydrogen-bond acceptors (Lipinski definition) is 3. The van der Waals surface area contributed by atoms with Crippen molar-refractivity contribution in [1.82, 2.24) is 5.32 Å². The summed E-state index contributed by atoms with van der Waals surface area (Å²) in [5, 5.41) is 2.57. The minimum Gasteiger partial charge on any atom is -0.348 e. The number of amides is 1. The zero-order valence-electron chi connectivity index (χ0n) is 14.9. The van der Waals surface area contributed by atoms with Crippen LogP contribution < -0.4 is 9.62 Å². The highest BCUT2D eigenvalue weighted by molar-refractivity contribution is 7.92. The minimum atomic E-state index is -4.45. The molecular weight excluding hydrogens is 393 g/mol. The molecule has 1 amide bonds. The SMILES string of the molecule is O=C(NCc1cccc(C(F)(F)F)c1)c1cccc(N2CCCCS2(=O)=O)c1. The first kappa shape index (κ1) is 20.2. The highest BCUT2D eigenvalue weighted by Crippen LogP contribution is 2.29. The van der Waals surface area contributed by atoms with E-state index in [9.17, 15) is 26.4 Å². The molecule has 3 rings (SSSR count). The predicted octanol–water partition coefficient (Wildman–Crippen LogP) is 3.57. The van der Waals surface area contributed by atoms with E-state index in [-0.39, 0.29) is 17.9 Å². The van der Waals surface area contributed by atoms with Gasteiger partial charge in [0.2, 0.25) is 10.0 Å². The number of nitrogens with zero attached hydrogens (tertiary/aromatic N) is 1. The molecule has 5 nitrogen and oxygen atoms in total. The van der Waals surface area contributed by atoms with E-state index in [4.69, 9.17) is 0 Å². The Labute approximate surface area is 161 Å². The number of halogens is 3. The molecule has 2 aromatic carbocycles. The number of carbonyl (C=O) groups excluding carboxylic acids is 1. The van der Waals surface area contributed by atoms with Gasteiger partial charge < -0.3 is 5.32 Å². The maximum Gasteiger partial charge on any atom is 0.416 e. The molecule has 1 aliphatic rings. The third-order valence-corrected chi connectivity index (χ3v) is 6.32. The van der Waals surface area contributed by atoms with Crippen LogP contribution >= 0.6 is 0 Å². The summed E-state index contributed by atoms with van der Waals surface area (Å²) in [6.07, 6.45) is -3.10. The predicted molar refractivity (Wildman–Crippen MR) is 99.4 cm³/mol. The number of sulfonamides is 1. The van der Waals surface area contributed by atoms with Gasteiger partial charge in [-0.15, -0.1) is 0 Å². The summed E-state index contributed by atoms with van der Waals surface area (Å²) >= 11 is 0. The fraction of sp³-hybridized carbons (Fsp3) is 0.316. The van der Waals surface area contributed by atoms with Gasteiger partial charge in [0.25, 0.3) is 5.91 Å². The number of carbonyl (C=O) groups is 1. The van der Waals surface area contributed by atoms with Crippen molar-refractivity contribution in [3.8, 4) is 0 Å². The molecule has 0 bridgehead atoms. The van der Waals surface area contributed by atoms with E-state index < -0.39 is 27.7 Å². The van der Waals surface area contributed by atoms with Gasteiger partial charge in [-0.05, 0) is 48.7 Å². The molecule has 1 fully saturated rings. The van der Waals surface area contributed by atoms with Crippen LogP contribution in [-0.2, 0) is 22.7 Å². The summed E-state index contributed by atoms with van der Waals surface area (Å²) in [6.45, 7) is 0.284. The van der Waals surface area contributed by atoms with Crippen LogP contribution in [0.5, 0.6) is 0 Å². The standard InChI is InChI=1S/C19H19F3N2O3S/c20-19(21,22)16-7-3-5-14(11-16)13-23-18(25)15-6-4-8-17(12-15)24-9-1-2-10-28(24,26)27/h3-8,11-12H,1-2,9-10,13H2,(H,23,25). The first-order valence-corrected chi connectivity index (χ1v) is 10.3. The van der Waals surface area contributed by atoms with Crippen LogP contribution in [0.15, 0.2) is 48.5 Å². The van der Waals surface area contributed by atoms with Crippen molar-refractivity contribution >= 4 is 21.6 Å². The van der Waals surface area contributed by atoms with Crippen LogP contribution in [0, 0.1) is 0 Å². The minimum absolute atomic E-state index is 0.0684. The smallest absolute Gasteiger partial charge is 0.348 e. The molecule has 9 heteroatoms. The number of alkyl halides is 3. The molecule has 1 N–H and O–H groups in total. The van der Waals surface area contributed by atoms with Crippen LogP contribution in [0.25, 0.3) is 0 Å². The Kier molecular flexibility index (Phi) is 5.64. The average molecular weight is 412 g/mol. The van der Waals surface area contributed by atoms with Crippen molar-refractivity contribution in [2.24, 2.45) is 0 Å². The zero-order valence-corrected chi connectivity index (χ0v) is 15.7. The Morgan fingerprint density at radius 1 is 1.07 bits per heavy atom. The van der Waals surface area contributed by atoms with E-state index >= 15 is 0 Å². The molecule has 0 radical (unpaired) electrons. The lowest BCUT2D eigenvalue weighted by Gasteiger charge is -2.28. The van der Waals surface area contributed by atoms with Crippen molar-refractivity contribution in [3.63, 3.8) is 0 Å². The lowest BCUT2D eigenvalue weighted by molar-refractivity contribution is -0.137. The van der Waals surface area contributed by atoms with E-state index in [1.54, 1.807) is 12.1 Å². The second kappa shape index (κ2) is 7.83. The summed E-state index contributed by atoms with van der Waals surface area (Å²) in [5.41, 5.74) is 0.186. The summed E-state index contributed by atoms with van der Waals surface area (Å²) in [4.78, 5) is 12.4. The van der Waals surface area contributed by atoms with Gasteiger partial charge in [0.15, 0.2) is 0 Å². The second-order valence-corrected chi connectivity index (χ2v) is 8.54. The quantitative estimate of drug-likeness (QED) is 0.835. The summed E-state index contributed by atoms with van der Waals surface area (Å²) in [5.74, 6) is -0.424. The fourth-order valence-corrected chi connectivity index (χ4v) is 4.65. The van der Waals surface area contributed by atoms with E-state index in [0.717, 1.165) is 18.6 Å². The first-order chi connectivity index (χ1) is 13.2. The maximum absolute atomic E-state index is 12.8. The number of nitrogens with one attached hydrogen (secondary N) is 1. The maximum atomic E-state index is 12.8. The lowest BCUT2D eigenvalue weighted by atomic mass is 10.1. The largest absolute Gasteiger partial charge is 0.416 e. The van der Waals surface area contributed by atoms with Crippen LogP contribution in [0.3, 0.4) is 0 Å². The molecule has 28 heavy (non-hydrogen) atoms. The Balaban J connectivity index is 1.72. The molecule has 1 aliphatic heterocycles. The van der Waals surface area contributed by atoms with Gasteiger partial charge in [-0.2, -0.15) is 13.2 Å². The van der Waals surface area contributed by atoms with Crippen molar-refractivity contribution in [2.45, 2.75) is 25.6 Å². The van der Waals surface area contributed by atoms with Gasteiger partial charge in [-0.3, -0.25) is 9.10 Å². The van der Waals surface area contributed by atoms with Gasteiger partial charge in [0, 0.05) is 18.7 Å². The van der Waals surface area contributed by atoms with Crippen LogP contribution in [0.4, 0.5) is 18.9 Å². The Morgan fingerprint density at radius 2 is 1.82 bits per heavy atom. The first-order valence-electron chi connectivity index (χ1n) is 8.72. The molecular formula is C19H19F3N2O3S. The summed E-state index contributed by atoms with van der Waals surface area (Å²) < 4.78 is 64.1. The van der Waals surface area contributed by atoms with Gasteiger partial charge in [-0.25, -0.2) is 8.42 Å². The third-order valence-electron chi connectivity index (χ3n) is 4.45. The lowest BCUT2D eigenvalue weighted by Crippen LogP contribution is -2.38. The fourth-order valence-electron chi connectivity index (χ4n) is 3.02. The average Bonchev–Trinajstić information content (AvgIpc) is 2.65.